The second-order valence-corrected chi connectivity index (χ2v) is 6.37. The summed E-state index contributed by atoms with van der Waals surface area (Å²) < 4.78 is 6.91. The minimum absolute atomic E-state index is 0.174. The third-order valence-corrected chi connectivity index (χ3v) is 4.95. The molecule has 24 heavy (non-hydrogen) atoms. The van der Waals surface area contributed by atoms with Gasteiger partial charge in [0.2, 0.25) is 0 Å². The normalized spacial score (nSPS) is 17.0. The second kappa shape index (κ2) is 8.99. The number of carbonyl (C=O) groups is 1. The highest BCUT2D eigenvalue weighted by atomic mass is 16.5. The van der Waals surface area contributed by atoms with Gasteiger partial charge in [-0.3, -0.25) is 14.5 Å². The number of aryl methyl sites for hydroxylation is 1. The van der Waals surface area contributed by atoms with E-state index in [2.05, 4.69) is 24.1 Å². The largest absolute Gasteiger partial charge is 0.379 e. The molecule has 1 saturated heterocycles. The maximum atomic E-state index is 12.4. The van der Waals surface area contributed by atoms with Gasteiger partial charge in [0, 0.05) is 50.6 Å². The Hall–Kier alpha value is -1.66. The first-order chi connectivity index (χ1) is 11.6. The fourth-order valence-electron chi connectivity index (χ4n) is 3.32. The Labute approximate surface area is 143 Å². The minimum Gasteiger partial charge on any atom is -0.379 e. The van der Waals surface area contributed by atoms with Crippen LogP contribution >= 0.6 is 0 Å². The van der Waals surface area contributed by atoms with E-state index in [4.69, 9.17) is 4.74 Å². The van der Waals surface area contributed by atoms with Crippen LogP contribution in [0.2, 0.25) is 0 Å². The molecule has 2 heterocycles. The van der Waals surface area contributed by atoms with Crippen LogP contribution in [-0.4, -0.2) is 54.3 Å². The summed E-state index contributed by atoms with van der Waals surface area (Å²) in [6.07, 6.45) is 3.79. The predicted octanol–water partition coefficient (Wildman–Crippen LogP) is 1.25. The van der Waals surface area contributed by atoms with E-state index in [0.717, 1.165) is 39.1 Å². The van der Waals surface area contributed by atoms with Crippen LogP contribution in [0.15, 0.2) is 23.1 Å². The summed E-state index contributed by atoms with van der Waals surface area (Å²) in [6.45, 7) is 8.31. The molecular formula is C18H29N3O3. The molecular weight excluding hydrogens is 306 g/mol. The first-order valence-corrected chi connectivity index (χ1v) is 8.83. The lowest BCUT2D eigenvalue weighted by molar-refractivity contribution is 0.00191. The summed E-state index contributed by atoms with van der Waals surface area (Å²) in [4.78, 5) is 26.5. The first kappa shape index (κ1) is 18.7. The number of aromatic nitrogens is 1. The molecule has 1 fully saturated rings. The minimum atomic E-state index is -0.183. The lowest BCUT2D eigenvalue weighted by Crippen LogP contribution is -2.52. The molecule has 0 aromatic carbocycles. The molecule has 1 N–H and O–H groups in total. The summed E-state index contributed by atoms with van der Waals surface area (Å²) >= 11 is 0. The Morgan fingerprint density at radius 2 is 1.96 bits per heavy atom. The highest BCUT2D eigenvalue weighted by Crippen LogP contribution is 2.19. The van der Waals surface area contributed by atoms with E-state index in [0.29, 0.717) is 24.1 Å². The van der Waals surface area contributed by atoms with Crippen molar-refractivity contribution in [1.29, 1.82) is 0 Å². The quantitative estimate of drug-likeness (QED) is 0.815. The SMILES string of the molecule is CCC(CC)C(CNC(=O)c1ccn(C)c(=O)c1)N1CCOCC1. The summed E-state index contributed by atoms with van der Waals surface area (Å²) in [7, 11) is 1.67. The van der Waals surface area contributed by atoms with Gasteiger partial charge in [-0.25, -0.2) is 0 Å². The number of carbonyl (C=O) groups excluding carboxylic acids is 1. The standard InChI is InChI=1S/C18H29N3O3/c1-4-14(5-2)16(21-8-10-24-11-9-21)13-19-18(23)15-6-7-20(3)17(22)12-15/h6-7,12,14,16H,4-5,8-11,13H2,1-3H3,(H,19,23). The molecule has 1 aromatic heterocycles. The molecule has 0 spiro atoms. The fourth-order valence-corrected chi connectivity index (χ4v) is 3.32. The van der Waals surface area contributed by atoms with Crippen molar-refractivity contribution in [3.05, 3.63) is 34.2 Å². The zero-order valence-corrected chi connectivity index (χ0v) is 15.0. The third-order valence-electron chi connectivity index (χ3n) is 4.95. The van der Waals surface area contributed by atoms with Crippen molar-refractivity contribution < 1.29 is 9.53 Å². The Kier molecular flexibility index (Phi) is 6.99. The molecule has 1 aliphatic heterocycles. The number of nitrogens with one attached hydrogen (secondary N) is 1. The number of pyridine rings is 1. The first-order valence-electron chi connectivity index (χ1n) is 8.83. The van der Waals surface area contributed by atoms with Gasteiger partial charge in [0.15, 0.2) is 0 Å². The maximum absolute atomic E-state index is 12.4. The molecule has 0 saturated carbocycles. The summed E-state index contributed by atoms with van der Waals surface area (Å²) in [5.41, 5.74) is 0.246. The van der Waals surface area contributed by atoms with E-state index in [9.17, 15) is 9.59 Å². The predicted molar refractivity (Wildman–Crippen MR) is 94.3 cm³/mol. The van der Waals surface area contributed by atoms with E-state index in [-0.39, 0.29) is 11.5 Å². The lowest BCUT2D eigenvalue weighted by atomic mass is 9.92. The Bertz CT molecular complexity index is 589. The van der Waals surface area contributed by atoms with Gasteiger partial charge in [-0.2, -0.15) is 0 Å². The van der Waals surface area contributed by atoms with E-state index in [1.165, 1.54) is 10.6 Å². The highest BCUT2D eigenvalue weighted by Gasteiger charge is 2.27. The van der Waals surface area contributed by atoms with Gasteiger partial charge < -0.3 is 14.6 Å². The van der Waals surface area contributed by atoms with E-state index < -0.39 is 0 Å². The van der Waals surface area contributed by atoms with Crippen molar-refractivity contribution in [2.45, 2.75) is 32.7 Å². The maximum Gasteiger partial charge on any atom is 0.251 e. The average Bonchev–Trinajstić information content (AvgIpc) is 2.61. The summed E-state index contributed by atoms with van der Waals surface area (Å²) in [6, 6.07) is 3.37. The second-order valence-electron chi connectivity index (χ2n) is 6.37. The lowest BCUT2D eigenvalue weighted by Gasteiger charge is -2.38. The smallest absolute Gasteiger partial charge is 0.251 e. The zero-order valence-electron chi connectivity index (χ0n) is 15.0. The molecule has 2 rings (SSSR count). The van der Waals surface area contributed by atoms with Gasteiger partial charge in [0.05, 0.1) is 13.2 Å². The fraction of sp³-hybridized carbons (Fsp3) is 0.667. The van der Waals surface area contributed by atoms with Crippen molar-refractivity contribution in [2.24, 2.45) is 13.0 Å². The van der Waals surface area contributed by atoms with Crippen molar-refractivity contribution in [1.82, 2.24) is 14.8 Å². The molecule has 0 radical (unpaired) electrons. The number of amides is 1. The molecule has 1 unspecified atom stereocenters. The van der Waals surface area contributed by atoms with Crippen LogP contribution in [0.4, 0.5) is 0 Å². The zero-order chi connectivity index (χ0) is 17.5. The molecule has 134 valence electrons. The van der Waals surface area contributed by atoms with Crippen LogP contribution in [0.3, 0.4) is 0 Å². The molecule has 6 heteroatoms. The van der Waals surface area contributed by atoms with Gasteiger partial charge in [-0.05, 0) is 12.0 Å². The topological polar surface area (TPSA) is 63.6 Å². The van der Waals surface area contributed by atoms with E-state index in [1.54, 1.807) is 19.3 Å². The van der Waals surface area contributed by atoms with Crippen LogP contribution in [-0.2, 0) is 11.8 Å². The van der Waals surface area contributed by atoms with Crippen LogP contribution < -0.4 is 10.9 Å². The summed E-state index contributed by atoms with van der Waals surface area (Å²) in [5.74, 6) is 0.351. The highest BCUT2D eigenvalue weighted by molar-refractivity contribution is 5.93. The molecule has 1 aliphatic rings. The number of hydrogen-bond donors (Lipinski definition) is 1. The number of morpholine rings is 1. The van der Waals surface area contributed by atoms with Crippen molar-refractivity contribution >= 4 is 5.91 Å². The Morgan fingerprint density at radius 3 is 2.54 bits per heavy atom. The molecule has 1 atom stereocenters. The number of nitrogens with zero attached hydrogens (tertiary/aromatic N) is 2. The Morgan fingerprint density at radius 1 is 1.29 bits per heavy atom. The van der Waals surface area contributed by atoms with E-state index in [1.807, 2.05) is 0 Å². The number of ether oxygens (including phenoxy) is 1. The molecule has 6 nitrogen and oxygen atoms in total. The Balaban J connectivity index is 2.04. The van der Waals surface area contributed by atoms with Gasteiger partial charge in [0.25, 0.3) is 11.5 Å². The molecule has 1 aromatic rings. The van der Waals surface area contributed by atoms with Crippen LogP contribution in [0.1, 0.15) is 37.0 Å². The third kappa shape index (κ3) is 4.68. The van der Waals surface area contributed by atoms with Gasteiger partial charge in [0.1, 0.15) is 0 Å². The number of rotatable bonds is 7. The monoisotopic (exact) mass is 335 g/mol. The van der Waals surface area contributed by atoms with Crippen molar-refractivity contribution in [3.63, 3.8) is 0 Å². The van der Waals surface area contributed by atoms with Gasteiger partial charge >= 0.3 is 0 Å². The summed E-state index contributed by atoms with van der Waals surface area (Å²) in [5, 5.41) is 3.02. The molecule has 0 bridgehead atoms. The van der Waals surface area contributed by atoms with Gasteiger partial charge in [-0.15, -0.1) is 0 Å². The molecule has 0 aliphatic carbocycles. The molecule has 1 amide bonds. The van der Waals surface area contributed by atoms with Crippen molar-refractivity contribution in [3.8, 4) is 0 Å². The number of hydrogen-bond acceptors (Lipinski definition) is 4. The van der Waals surface area contributed by atoms with Gasteiger partial charge in [-0.1, -0.05) is 26.7 Å². The van der Waals surface area contributed by atoms with E-state index >= 15 is 0 Å². The van der Waals surface area contributed by atoms with Crippen LogP contribution in [0, 0.1) is 5.92 Å². The average molecular weight is 335 g/mol. The van der Waals surface area contributed by atoms with Crippen LogP contribution in [0.25, 0.3) is 0 Å². The van der Waals surface area contributed by atoms with Crippen LogP contribution in [0.5, 0.6) is 0 Å². The van der Waals surface area contributed by atoms with Crippen molar-refractivity contribution in [2.75, 3.05) is 32.8 Å².